The van der Waals surface area contributed by atoms with E-state index in [9.17, 15) is 13.2 Å². The third-order valence-electron chi connectivity index (χ3n) is 4.94. The van der Waals surface area contributed by atoms with Gasteiger partial charge in [0.1, 0.15) is 0 Å². The molecule has 2 aromatic rings. The molecule has 1 N–H and O–H groups in total. The van der Waals surface area contributed by atoms with E-state index in [0.29, 0.717) is 22.8 Å². The normalized spacial score (nSPS) is 18.0. The van der Waals surface area contributed by atoms with Crippen LogP contribution in [0.15, 0.2) is 47.4 Å². The van der Waals surface area contributed by atoms with Crippen LogP contribution in [0.25, 0.3) is 0 Å². The summed E-state index contributed by atoms with van der Waals surface area (Å²) in [6.07, 6.45) is 3.63. The van der Waals surface area contributed by atoms with Crippen molar-refractivity contribution >= 4 is 44.8 Å². The summed E-state index contributed by atoms with van der Waals surface area (Å²) < 4.78 is 27.6. The topological polar surface area (TPSA) is 66.5 Å². The molecule has 8 heteroatoms. The van der Waals surface area contributed by atoms with Crippen LogP contribution in [-0.2, 0) is 10.0 Å². The van der Waals surface area contributed by atoms with Crippen LogP contribution >= 0.6 is 23.2 Å². The van der Waals surface area contributed by atoms with Gasteiger partial charge in [0.2, 0.25) is 10.0 Å². The molecule has 0 aliphatic carbocycles. The molecule has 1 aliphatic heterocycles. The second kappa shape index (κ2) is 8.82. The van der Waals surface area contributed by atoms with Crippen LogP contribution in [0.3, 0.4) is 0 Å². The quantitative estimate of drug-likeness (QED) is 0.694. The van der Waals surface area contributed by atoms with Crippen LogP contribution in [0.1, 0.15) is 43.0 Å². The second-order valence-corrected chi connectivity index (χ2v) is 9.51. The molecule has 0 radical (unpaired) electrons. The van der Waals surface area contributed by atoms with Crippen LogP contribution < -0.4 is 5.32 Å². The lowest BCUT2D eigenvalue weighted by Gasteiger charge is -2.34. The van der Waals surface area contributed by atoms with E-state index in [2.05, 4.69) is 5.32 Å². The Morgan fingerprint density at radius 2 is 1.86 bits per heavy atom. The highest BCUT2D eigenvalue weighted by molar-refractivity contribution is 7.89. The van der Waals surface area contributed by atoms with E-state index in [1.54, 1.807) is 28.6 Å². The fraction of sp³-hybridized carbons (Fsp3) is 0.350. The maximum Gasteiger partial charge on any atom is 0.257 e. The number of sulfonamides is 1. The average Bonchev–Trinajstić information content (AvgIpc) is 2.68. The van der Waals surface area contributed by atoms with Gasteiger partial charge < -0.3 is 5.32 Å². The van der Waals surface area contributed by atoms with Crippen molar-refractivity contribution < 1.29 is 13.2 Å². The van der Waals surface area contributed by atoms with Crippen LogP contribution in [0.4, 0.5) is 5.69 Å². The lowest BCUT2D eigenvalue weighted by Crippen LogP contribution is -2.43. The number of rotatable bonds is 5. The van der Waals surface area contributed by atoms with Crippen LogP contribution in [-0.4, -0.2) is 31.2 Å². The zero-order valence-corrected chi connectivity index (χ0v) is 17.8. The number of halogens is 2. The summed E-state index contributed by atoms with van der Waals surface area (Å²) in [5.41, 5.74) is 0.780. The summed E-state index contributed by atoms with van der Waals surface area (Å²) in [5, 5.41) is 3.42. The van der Waals surface area contributed by atoms with Gasteiger partial charge in [0.15, 0.2) is 0 Å². The lowest BCUT2D eigenvalue weighted by atomic mass is 10.0. The van der Waals surface area contributed by atoms with E-state index >= 15 is 0 Å². The van der Waals surface area contributed by atoms with Gasteiger partial charge in [0.25, 0.3) is 5.91 Å². The Kier molecular flexibility index (Phi) is 6.65. The number of carbonyl (C=O) groups excluding carboxylic acids is 1. The summed E-state index contributed by atoms with van der Waals surface area (Å²) in [7, 11) is -3.55. The Balaban J connectivity index is 1.76. The number of hydrogen-bond donors (Lipinski definition) is 1. The molecule has 1 saturated heterocycles. The van der Waals surface area contributed by atoms with E-state index in [1.807, 2.05) is 6.92 Å². The zero-order chi connectivity index (χ0) is 20.3. The van der Waals surface area contributed by atoms with E-state index in [4.69, 9.17) is 23.2 Å². The lowest BCUT2D eigenvalue weighted by molar-refractivity contribution is 0.102. The monoisotopic (exact) mass is 440 g/mol. The SMILES string of the molecule is CCC1CCCCN1S(=O)(=O)c1ccc(NC(=O)c2ccc(Cl)cc2Cl)cc1. The van der Waals surface area contributed by atoms with Crippen molar-refractivity contribution in [2.45, 2.75) is 43.5 Å². The largest absolute Gasteiger partial charge is 0.322 e. The van der Waals surface area contributed by atoms with Gasteiger partial charge in [-0.2, -0.15) is 4.31 Å². The summed E-state index contributed by atoms with van der Waals surface area (Å²) in [4.78, 5) is 12.6. The number of anilines is 1. The van der Waals surface area contributed by atoms with Crippen molar-refractivity contribution in [1.82, 2.24) is 4.31 Å². The molecule has 5 nitrogen and oxygen atoms in total. The van der Waals surface area contributed by atoms with Crippen molar-refractivity contribution in [1.29, 1.82) is 0 Å². The number of hydrogen-bond acceptors (Lipinski definition) is 3. The first-order valence-corrected chi connectivity index (χ1v) is 11.4. The molecule has 28 heavy (non-hydrogen) atoms. The minimum Gasteiger partial charge on any atom is -0.322 e. The van der Waals surface area contributed by atoms with Crippen molar-refractivity contribution in [2.24, 2.45) is 0 Å². The molecular formula is C20H22Cl2N2O3S. The van der Waals surface area contributed by atoms with Gasteiger partial charge in [-0.05, 0) is 61.7 Å². The first-order valence-electron chi connectivity index (χ1n) is 9.21. The van der Waals surface area contributed by atoms with Crippen molar-refractivity contribution in [2.75, 3.05) is 11.9 Å². The third kappa shape index (κ3) is 4.51. The molecule has 1 fully saturated rings. The molecule has 150 valence electrons. The minimum atomic E-state index is -3.55. The molecule has 2 aromatic carbocycles. The fourth-order valence-electron chi connectivity index (χ4n) is 3.42. The third-order valence-corrected chi connectivity index (χ3v) is 7.45. The molecule has 0 saturated carbocycles. The first-order chi connectivity index (χ1) is 13.3. The molecule has 1 atom stereocenters. The molecule has 1 unspecified atom stereocenters. The van der Waals surface area contributed by atoms with Crippen molar-refractivity contribution in [3.63, 3.8) is 0 Å². The predicted octanol–water partition coefficient (Wildman–Crippen LogP) is 5.20. The average molecular weight is 441 g/mol. The summed E-state index contributed by atoms with van der Waals surface area (Å²) in [6.45, 7) is 2.56. The summed E-state index contributed by atoms with van der Waals surface area (Å²) in [5.74, 6) is -0.389. The zero-order valence-electron chi connectivity index (χ0n) is 15.5. The standard InChI is InChI=1S/C20H22Cl2N2O3S/c1-2-16-5-3-4-12-24(16)28(26,27)17-9-7-15(8-10-17)23-20(25)18-11-6-14(21)13-19(18)22/h6-11,13,16H,2-5,12H2,1H3,(H,23,25). The van der Waals surface area contributed by atoms with Crippen LogP contribution in [0.5, 0.6) is 0 Å². The Hall–Kier alpha value is -1.60. The molecule has 0 spiro atoms. The van der Waals surface area contributed by atoms with Gasteiger partial charge >= 0.3 is 0 Å². The molecular weight excluding hydrogens is 419 g/mol. The number of carbonyl (C=O) groups is 1. The maximum atomic E-state index is 13.0. The Bertz CT molecular complexity index is 962. The molecule has 1 amide bonds. The molecule has 1 aliphatic rings. The van der Waals surface area contributed by atoms with Gasteiger partial charge in [-0.25, -0.2) is 8.42 Å². The number of nitrogens with zero attached hydrogens (tertiary/aromatic N) is 1. The van der Waals surface area contributed by atoms with Gasteiger partial charge in [-0.1, -0.05) is 36.5 Å². The molecule has 3 rings (SSSR count). The Labute approximate surface area is 175 Å². The Morgan fingerprint density at radius 3 is 2.50 bits per heavy atom. The highest BCUT2D eigenvalue weighted by atomic mass is 35.5. The fourth-order valence-corrected chi connectivity index (χ4v) is 5.68. The van der Waals surface area contributed by atoms with E-state index in [1.165, 1.54) is 18.2 Å². The second-order valence-electron chi connectivity index (χ2n) is 6.78. The highest BCUT2D eigenvalue weighted by Gasteiger charge is 2.32. The summed E-state index contributed by atoms with van der Waals surface area (Å²) >= 11 is 11.9. The molecule has 0 aromatic heterocycles. The number of nitrogens with one attached hydrogen (secondary N) is 1. The van der Waals surface area contributed by atoms with E-state index in [-0.39, 0.29) is 21.9 Å². The number of benzene rings is 2. The first kappa shape index (κ1) is 21.1. The smallest absolute Gasteiger partial charge is 0.257 e. The maximum absolute atomic E-state index is 13.0. The van der Waals surface area contributed by atoms with Gasteiger partial charge in [0, 0.05) is 23.3 Å². The molecule has 0 bridgehead atoms. The van der Waals surface area contributed by atoms with E-state index < -0.39 is 10.0 Å². The van der Waals surface area contributed by atoms with Crippen molar-refractivity contribution in [3.05, 3.63) is 58.1 Å². The molecule has 1 heterocycles. The van der Waals surface area contributed by atoms with Crippen molar-refractivity contribution in [3.8, 4) is 0 Å². The van der Waals surface area contributed by atoms with E-state index in [0.717, 1.165) is 25.7 Å². The minimum absolute atomic E-state index is 0.0465. The summed E-state index contributed by atoms with van der Waals surface area (Å²) in [6, 6.07) is 10.9. The highest BCUT2D eigenvalue weighted by Crippen LogP contribution is 2.28. The predicted molar refractivity (Wildman–Crippen MR) is 113 cm³/mol. The van der Waals surface area contributed by atoms with Crippen LogP contribution in [0, 0.1) is 0 Å². The number of amides is 1. The van der Waals surface area contributed by atoms with Gasteiger partial charge in [0.05, 0.1) is 15.5 Å². The van der Waals surface area contributed by atoms with Crippen LogP contribution in [0.2, 0.25) is 10.0 Å². The van der Waals surface area contributed by atoms with Gasteiger partial charge in [-0.3, -0.25) is 4.79 Å². The Morgan fingerprint density at radius 1 is 1.14 bits per heavy atom. The van der Waals surface area contributed by atoms with Gasteiger partial charge in [-0.15, -0.1) is 0 Å². The number of piperidine rings is 1.